The van der Waals surface area contributed by atoms with E-state index in [2.05, 4.69) is 10.9 Å². The molecule has 0 aromatic heterocycles. The highest BCUT2D eigenvalue weighted by Crippen LogP contribution is 2.18. The van der Waals surface area contributed by atoms with Crippen molar-refractivity contribution in [3.8, 4) is 0 Å². The third-order valence-electron chi connectivity index (χ3n) is 2.83. The second kappa shape index (κ2) is 8.28. The minimum atomic E-state index is -0.524. The Hall–Kier alpha value is -2.41. The summed E-state index contributed by atoms with van der Waals surface area (Å²) in [5.74, 6) is -1.14. The van der Waals surface area contributed by atoms with Crippen LogP contribution in [0.25, 0.3) is 0 Å². The predicted molar refractivity (Wildman–Crippen MR) is 83.7 cm³/mol. The van der Waals surface area contributed by atoms with Crippen molar-refractivity contribution in [3.63, 3.8) is 0 Å². The van der Waals surface area contributed by atoms with E-state index in [-0.39, 0.29) is 23.7 Å². The van der Waals surface area contributed by atoms with Crippen molar-refractivity contribution in [2.24, 2.45) is 0 Å². The maximum atomic E-state index is 12.7. The molecule has 120 valence electrons. The molecule has 2 aromatic carbocycles. The van der Waals surface area contributed by atoms with Gasteiger partial charge >= 0.3 is 0 Å². The van der Waals surface area contributed by atoms with Crippen molar-refractivity contribution < 1.29 is 18.4 Å². The number of hydrogen-bond donors (Lipinski definition) is 2. The van der Waals surface area contributed by atoms with Crippen molar-refractivity contribution >= 4 is 23.6 Å². The molecule has 0 aliphatic carbocycles. The standard InChI is InChI=1S/C16H14F2N2O2S/c17-12-3-1-11(2-4-12)16(22)20-19-15(21)9-10-23-14-7-5-13(18)6-8-14/h1-8H,9-10H2,(H,19,21)(H,20,22). The molecule has 0 aliphatic heterocycles. The number of thioether (sulfide) groups is 1. The summed E-state index contributed by atoms with van der Waals surface area (Å²) in [5.41, 5.74) is 4.78. The number of carbonyl (C=O) groups is 2. The van der Waals surface area contributed by atoms with Gasteiger partial charge in [0.25, 0.3) is 5.91 Å². The Morgan fingerprint density at radius 2 is 1.43 bits per heavy atom. The Kier molecular flexibility index (Phi) is 6.10. The molecule has 0 unspecified atom stereocenters. The van der Waals surface area contributed by atoms with Gasteiger partial charge in [-0.25, -0.2) is 8.78 Å². The maximum absolute atomic E-state index is 12.7. The molecule has 23 heavy (non-hydrogen) atoms. The summed E-state index contributed by atoms with van der Waals surface area (Å²) in [5, 5.41) is 0. The van der Waals surface area contributed by atoms with Gasteiger partial charge < -0.3 is 0 Å². The van der Waals surface area contributed by atoms with Crippen molar-refractivity contribution in [1.29, 1.82) is 0 Å². The largest absolute Gasteiger partial charge is 0.273 e. The summed E-state index contributed by atoms with van der Waals surface area (Å²) >= 11 is 1.41. The number of halogens is 2. The third-order valence-corrected chi connectivity index (χ3v) is 3.85. The lowest BCUT2D eigenvalue weighted by molar-refractivity contribution is -0.121. The Balaban J connectivity index is 1.69. The number of amides is 2. The average Bonchev–Trinajstić information content (AvgIpc) is 2.55. The van der Waals surface area contributed by atoms with E-state index in [1.165, 1.54) is 36.0 Å². The van der Waals surface area contributed by atoms with Gasteiger partial charge in [0.1, 0.15) is 11.6 Å². The fraction of sp³-hybridized carbons (Fsp3) is 0.125. The van der Waals surface area contributed by atoms with Crippen molar-refractivity contribution in [2.45, 2.75) is 11.3 Å². The Morgan fingerprint density at radius 3 is 2.04 bits per heavy atom. The average molecular weight is 336 g/mol. The molecule has 2 amide bonds. The molecule has 0 saturated heterocycles. The summed E-state index contributed by atoms with van der Waals surface area (Å²) in [4.78, 5) is 24.2. The minimum absolute atomic E-state index is 0.186. The molecule has 0 fully saturated rings. The summed E-state index contributed by atoms with van der Waals surface area (Å²) in [7, 11) is 0. The number of nitrogens with one attached hydrogen (secondary N) is 2. The quantitative estimate of drug-likeness (QED) is 0.652. The van der Waals surface area contributed by atoms with Crippen LogP contribution in [-0.4, -0.2) is 17.6 Å². The van der Waals surface area contributed by atoms with E-state index in [0.29, 0.717) is 5.75 Å². The first-order valence-corrected chi connectivity index (χ1v) is 7.76. The highest BCUT2D eigenvalue weighted by molar-refractivity contribution is 7.99. The zero-order valence-electron chi connectivity index (χ0n) is 12.0. The highest BCUT2D eigenvalue weighted by Gasteiger charge is 2.07. The van der Waals surface area contributed by atoms with E-state index in [1.807, 2.05) is 0 Å². The van der Waals surface area contributed by atoms with Crippen LogP contribution >= 0.6 is 11.8 Å². The second-order valence-electron chi connectivity index (χ2n) is 4.56. The van der Waals surface area contributed by atoms with Crippen LogP contribution in [0.2, 0.25) is 0 Å². The van der Waals surface area contributed by atoms with Gasteiger partial charge in [-0.2, -0.15) is 0 Å². The number of rotatable bonds is 5. The Bertz CT molecular complexity index is 675. The lowest BCUT2D eigenvalue weighted by Crippen LogP contribution is -2.41. The topological polar surface area (TPSA) is 58.2 Å². The predicted octanol–water partition coefficient (Wildman–Crippen LogP) is 2.91. The molecule has 0 saturated carbocycles. The van der Waals surface area contributed by atoms with E-state index in [0.717, 1.165) is 17.0 Å². The van der Waals surface area contributed by atoms with Gasteiger partial charge in [-0.05, 0) is 48.5 Å². The van der Waals surface area contributed by atoms with Gasteiger partial charge in [-0.3, -0.25) is 20.4 Å². The van der Waals surface area contributed by atoms with Gasteiger partial charge in [0.2, 0.25) is 5.91 Å². The first kappa shape index (κ1) is 17.0. The van der Waals surface area contributed by atoms with Crippen LogP contribution in [0.1, 0.15) is 16.8 Å². The van der Waals surface area contributed by atoms with Crippen molar-refractivity contribution in [1.82, 2.24) is 10.9 Å². The molecular weight excluding hydrogens is 322 g/mol. The van der Waals surface area contributed by atoms with Crippen molar-refractivity contribution in [2.75, 3.05) is 5.75 Å². The molecule has 4 nitrogen and oxygen atoms in total. The molecule has 0 heterocycles. The van der Waals surface area contributed by atoms with E-state index in [1.54, 1.807) is 12.1 Å². The van der Waals surface area contributed by atoms with E-state index >= 15 is 0 Å². The SMILES string of the molecule is O=C(CCSc1ccc(F)cc1)NNC(=O)c1ccc(F)cc1. The van der Waals surface area contributed by atoms with Crippen LogP contribution in [0.15, 0.2) is 53.4 Å². The number of benzene rings is 2. The molecule has 0 atom stereocenters. The first-order chi connectivity index (χ1) is 11.0. The minimum Gasteiger partial charge on any atom is -0.273 e. The van der Waals surface area contributed by atoms with Crippen LogP contribution in [0.4, 0.5) is 8.78 Å². The van der Waals surface area contributed by atoms with Gasteiger partial charge in [-0.15, -0.1) is 11.8 Å². The Labute approximate surface area is 136 Å². The number of hydrogen-bond acceptors (Lipinski definition) is 3. The summed E-state index contributed by atoms with van der Waals surface area (Å²) in [6.45, 7) is 0. The third kappa shape index (κ3) is 5.71. The van der Waals surface area contributed by atoms with Crippen LogP contribution < -0.4 is 10.9 Å². The van der Waals surface area contributed by atoms with Crippen LogP contribution in [0.5, 0.6) is 0 Å². The van der Waals surface area contributed by atoms with E-state index < -0.39 is 11.7 Å². The monoisotopic (exact) mass is 336 g/mol. The molecule has 0 bridgehead atoms. The fourth-order valence-electron chi connectivity index (χ4n) is 1.65. The molecule has 0 aliphatic rings. The molecule has 2 rings (SSSR count). The van der Waals surface area contributed by atoms with Gasteiger partial charge in [-0.1, -0.05) is 0 Å². The molecule has 2 N–H and O–H groups in total. The lowest BCUT2D eigenvalue weighted by Gasteiger charge is -2.07. The van der Waals surface area contributed by atoms with Gasteiger partial charge in [0.15, 0.2) is 0 Å². The van der Waals surface area contributed by atoms with E-state index in [9.17, 15) is 18.4 Å². The molecule has 0 radical (unpaired) electrons. The fourth-order valence-corrected chi connectivity index (χ4v) is 2.51. The summed E-state index contributed by atoms with van der Waals surface area (Å²) in [6, 6.07) is 10.9. The van der Waals surface area contributed by atoms with Crippen LogP contribution in [0.3, 0.4) is 0 Å². The van der Waals surface area contributed by atoms with Gasteiger partial charge in [0.05, 0.1) is 0 Å². The molecular formula is C16H14F2N2O2S. The molecule has 7 heteroatoms. The second-order valence-corrected chi connectivity index (χ2v) is 5.73. The number of hydrazine groups is 1. The van der Waals surface area contributed by atoms with Crippen LogP contribution in [-0.2, 0) is 4.79 Å². The van der Waals surface area contributed by atoms with E-state index in [4.69, 9.17) is 0 Å². The smallest absolute Gasteiger partial charge is 0.269 e. The molecule has 0 spiro atoms. The maximum Gasteiger partial charge on any atom is 0.269 e. The summed E-state index contributed by atoms with van der Waals surface area (Å²) < 4.78 is 25.5. The first-order valence-electron chi connectivity index (χ1n) is 6.78. The van der Waals surface area contributed by atoms with Crippen LogP contribution in [0, 0.1) is 11.6 Å². The van der Waals surface area contributed by atoms with Gasteiger partial charge in [0, 0.05) is 22.6 Å². The molecule has 2 aromatic rings. The summed E-state index contributed by atoms with van der Waals surface area (Å²) in [6.07, 6.45) is 0.186. The zero-order valence-corrected chi connectivity index (χ0v) is 12.8. The zero-order chi connectivity index (χ0) is 16.7. The highest BCUT2D eigenvalue weighted by atomic mass is 32.2. The normalized spacial score (nSPS) is 10.2. The lowest BCUT2D eigenvalue weighted by atomic mass is 10.2. The van der Waals surface area contributed by atoms with Crippen molar-refractivity contribution in [3.05, 3.63) is 65.7 Å². The Morgan fingerprint density at radius 1 is 0.870 bits per heavy atom. The number of carbonyl (C=O) groups excluding carboxylic acids is 2.